The molecule has 3 nitrogen and oxygen atoms in total. The fraction of sp³-hybridized carbons (Fsp3) is 0.929. The lowest BCUT2D eigenvalue weighted by atomic mass is 9.91. The van der Waals surface area contributed by atoms with Crippen LogP contribution in [0.25, 0.3) is 0 Å². The van der Waals surface area contributed by atoms with Crippen molar-refractivity contribution in [1.29, 1.82) is 0 Å². The van der Waals surface area contributed by atoms with Crippen LogP contribution < -0.4 is 0 Å². The smallest absolute Gasteiger partial charge is 0.311 e. The van der Waals surface area contributed by atoms with Crippen molar-refractivity contribution in [1.82, 2.24) is 0 Å². The number of hydrogen-bond acceptors (Lipinski definition) is 3. The minimum Gasteiger partial charge on any atom is -0.465 e. The van der Waals surface area contributed by atoms with E-state index in [-0.39, 0.29) is 11.9 Å². The largest absolute Gasteiger partial charge is 0.465 e. The Labute approximate surface area is 105 Å². The second kappa shape index (κ2) is 7.70. The molecular formula is C14H26O3. The minimum absolute atomic E-state index is 0.0452. The van der Waals surface area contributed by atoms with Gasteiger partial charge >= 0.3 is 5.97 Å². The van der Waals surface area contributed by atoms with Gasteiger partial charge in [0.2, 0.25) is 0 Å². The van der Waals surface area contributed by atoms with Gasteiger partial charge in [-0.1, -0.05) is 26.7 Å². The highest BCUT2D eigenvalue weighted by molar-refractivity contribution is 5.73. The van der Waals surface area contributed by atoms with E-state index >= 15 is 0 Å². The van der Waals surface area contributed by atoms with Crippen LogP contribution in [0.1, 0.15) is 46.5 Å². The summed E-state index contributed by atoms with van der Waals surface area (Å²) >= 11 is 0. The van der Waals surface area contributed by atoms with Crippen LogP contribution in [0.2, 0.25) is 0 Å². The molecule has 17 heavy (non-hydrogen) atoms. The maximum Gasteiger partial charge on any atom is 0.311 e. The second-order valence-corrected chi connectivity index (χ2v) is 5.33. The lowest BCUT2D eigenvalue weighted by Crippen LogP contribution is -2.29. The topological polar surface area (TPSA) is 35.5 Å². The number of carbonyl (C=O) groups is 1. The Hall–Kier alpha value is -0.570. The third-order valence-electron chi connectivity index (χ3n) is 3.33. The molecule has 0 N–H and O–H groups in total. The van der Waals surface area contributed by atoms with Crippen LogP contribution in [0.15, 0.2) is 0 Å². The molecule has 1 aliphatic carbocycles. The molecule has 0 spiro atoms. The van der Waals surface area contributed by atoms with Gasteiger partial charge in [0.05, 0.1) is 19.1 Å². The molecule has 0 saturated heterocycles. The van der Waals surface area contributed by atoms with Crippen LogP contribution >= 0.6 is 0 Å². The normalized spacial score (nSPS) is 18.6. The Morgan fingerprint density at radius 1 is 1.24 bits per heavy atom. The molecule has 3 heteroatoms. The van der Waals surface area contributed by atoms with Gasteiger partial charge in [-0.05, 0) is 31.6 Å². The first-order chi connectivity index (χ1) is 8.15. The van der Waals surface area contributed by atoms with Crippen molar-refractivity contribution in [3.8, 4) is 0 Å². The van der Waals surface area contributed by atoms with Gasteiger partial charge < -0.3 is 9.47 Å². The molecule has 0 aliphatic heterocycles. The Bertz CT molecular complexity index is 220. The fourth-order valence-corrected chi connectivity index (χ4v) is 2.36. The van der Waals surface area contributed by atoms with Gasteiger partial charge in [-0.3, -0.25) is 4.79 Å². The summed E-state index contributed by atoms with van der Waals surface area (Å²) in [5, 5.41) is 0. The Morgan fingerprint density at radius 3 is 2.41 bits per heavy atom. The summed E-state index contributed by atoms with van der Waals surface area (Å²) in [7, 11) is 0. The van der Waals surface area contributed by atoms with Gasteiger partial charge in [-0.2, -0.15) is 0 Å². The maximum atomic E-state index is 12.0. The predicted octanol–water partition coefficient (Wildman–Crippen LogP) is 3.03. The lowest BCUT2D eigenvalue weighted by molar-refractivity contribution is -0.154. The van der Waals surface area contributed by atoms with Crippen molar-refractivity contribution in [2.45, 2.75) is 46.5 Å². The van der Waals surface area contributed by atoms with E-state index in [2.05, 4.69) is 13.8 Å². The van der Waals surface area contributed by atoms with Crippen LogP contribution in [0, 0.1) is 17.8 Å². The van der Waals surface area contributed by atoms with Crippen LogP contribution in [0.5, 0.6) is 0 Å². The number of esters is 1. The van der Waals surface area contributed by atoms with Crippen molar-refractivity contribution < 1.29 is 14.3 Å². The van der Waals surface area contributed by atoms with Crippen LogP contribution in [-0.4, -0.2) is 25.8 Å². The van der Waals surface area contributed by atoms with E-state index in [1.807, 2.05) is 6.92 Å². The zero-order valence-corrected chi connectivity index (χ0v) is 11.4. The van der Waals surface area contributed by atoms with Gasteiger partial charge in [0.15, 0.2) is 0 Å². The lowest BCUT2D eigenvalue weighted by Gasteiger charge is -2.22. The third kappa shape index (κ3) is 5.07. The molecule has 0 heterocycles. The monoisotopic (exact) mass is 242 g/mol. The second-order valence-electron chi connectivity index (χ2n) is 5.33. The zero-order valence-electron chi connectivity index (χ0n) is 11.4. The molecule has 1 unspecified atom stereocenters. The molecular weight excluding hydrogens is 216 g/mol. The van der Waals surface area contributed by atoms with Crippen molar-refractivity contribution in [2.24, 2.45) is 17.8 Å². The van der Waals surface area contributed by atoms with E-state index < -0.39 is 0 Å². The molecule has 100 valence electrons. The van der Waals surface area contributed by atoms with E-state index in [9.17, 15) is 4.79 Å². The van der Waals surface area contributed by atoms with Gasteiger partial charge in [0.25, 0.3) is 0 Å². The maximum absolute atomic E-state index is 12.0. The van der Waals surface area contributed by atoms with Crippen LogP contribution in [-0.2, 0) is 14.3 Å². The van der Waals surface area contributed by atoms with E-state index in [0.29, 0.717) is 31.7 Å². The molecule has 0 aromatic heterocycles. The van der Waals surface area contributed by atoms with Crippen molar-refractivity contribution in [3.05, 3.63) is 0 Å². The minimum atomic E-state index is -0.0564. The molecule has 1 atom stereocenters. The average Bonchev–Trinajstić information content (AvgIpc) is 2.80. The molecule has 0 aromatic rings. The molecule has 1 saturated carbocycles. The molecule has 1 aliphatic rings. The van der Waals surface area contributed by atoms with Gasteiger partial charge in [0, 0.05) is 6.61 Å². The summed E-state index contributed by atoms with van der Waals surface area (Å²) in [4.78, 5) is 12.0. The standard InChI is InChI=1S/C14H26O3/c1-4-16-10-13(12-7-5-6-8-12)14(15)17-9-11(2)3/h11-13H,4-10H2,1-3H3. The highest BCUT2D eigenvalue weighted by Gasteiger charge is 2.31. The summed E-state index contributed by atoms with van der Waals surface area (Å²) in [6.45, 7) is 7.79. The van der Waals surface area contributed by atoms with Crippen molar-refractivity contribution in [3.63, 3.8) is 0 Å². The number of rotatable bonds is 7. The van der Waals surface area contributed by atoms with E-state index in [1.165, 1.54) is 12.8 Å². The summed E-state index contributed by atoms with van der Waals surface area (Å²) in [5.41, 5.74) is 0. The SMILES string of the molecule is CCOCC(C(=O)OCC(C)C)C1CCCC1. The molecule has 0 bridgehead atoms. The molecule has 0 aromatic carbocycles. The van der Waals surface area contributed by atoms with Gasteiger partial charge in [0.1, 0.15) is 0 Å². The molecule has 0 amide bonds. The molecule has 0 radical (unpaired) electrons. The first kappa shape index (κ1) is 14.5. The van der Waals surface area contributed by atoms with E-state index in [0.717, 1.165) is 12.8 Å². The zero-order chi connectivity index (χ0) is 12.7. The van der Waals surface area contributed by atoms with Crippen LogP contribution in [0.4, 0.5) is 0 Å². The number of carbonyl (C=O) groups excluding carboxylic acids is 1. The highest BCUT2D eigenvalue weighted by Crippen LogP contribution is 2.32. The summed E-state index contributed by atoms with van der Waals surface area (Å²) in [5.74, 6) is 0.770. The first-order valence-corrected chi connectivity index (χ1v) is 6.89. The summed E-state index contributed by atoms with van der Waals surface area (Å²) < 4.78 is 10.8. The number of ether oxygens (including phenoxy) is 2. The Kier molecular flexibility index (Phi) is 6.56. The molecule has 1 fully saturated rings. The summed E-state index contributed by atoms with van der Waals surface area (Å²) in [6, 6.07) is 0. The van der Waals surface area contributed by atoms with E-state index in [4.69, 9.17) is 9.47 Å². The van der Waals surface area contributed by atoms with Crippen LogP contribution in [0.3, 0.4) is 0 Å². The van der Waals surface area contributed by atoms with Crippen molar-refractivity contribution >= 4 is 5.97 Å². The van der Waals surface area contributed by atoms with Gasteiger partial charge in [-0.25, -0.2) is 0 Å². The highest BCUT2D eigenvalue weighted by atomic mass is 16.5. The first-order valence-electron chi connectivity index (χ1n) is 6.89. The quantitative estimate of drug-likeness (QED) is 0.644. The Morgan fingerprint density at radius 2 is 1.88 bits per heavy atom. The summed E-state index contributed by atoms with van der Waals surface area (Å²) in [6.07, 6.45) is 4.78. The van der Waals surface area contributed by atoms with E-state index in [1.54, 1.807) is 0 Å². The van der Waals surface area contributed by atoms with Crippen molar-refractivity contribution in [2.75, 3.05) is 19.8 Å². The Balaban J connectivity index is 2.45. The average molecular weight is 242 g/mol. The fourth-order valence-electron chi connectivity index (χ4n) is 2.36. The van der Waals surface area contributed by atoms with Gasteiger partial charge in [-0.15, -0.1) is 0 Å². The third-order valence-corrected chi connectivity index (χ3v) is 3.33. The predicted molar refractivity (Wildman–Crippen MR) is 67.7 cm³/mol. The number of hydrogen-bond donors (Lipinski definition) is 0. The molecule has 1 rings (SSSR count).